The first-order chi connectivity index (χ1) is 5.77. The second kappa shape index (κ2) is 4.09. The molecular weight excluding hydrogens is 152 g/mol. The van der Waals surface area contributed by atoms with E-state index in [0.717, 1.165) is 16.8 Å². The Bertz CT molecular complexity index is 261. The van der Waals surface area contributed by atoms with Gasteiger partial charge in [0.05, 0.1) is 6.61 Å². The van der Waals surface area contributed by atoms with Gasteiger partial charge in [-0.2, -0.15) is 0 Å². The molecule has 0 heterocycles. The first kappa shape index (κ1) is 9.03. The molecule has 1 aromatic rings. The monoisotopic (exact) mass is 166 g/mol. The maximum absolute atomic E-state index is 5.75. The first-order valence-electron chi connectivity index (χ1n) is 3.84. The molecule has 0 unspecified atom stereocenters. The van der Waals surface area contributed by atoms with Crippen molar-refractivity contribution in [3.8, 4) is 0 Å². The van der Waals surface area contributed by atoms with Crippen LogP contribution >= 0.6 is 0 Å². The summed E-state index contributed by atoms with van der Waals surface area (Å²) in [6, 6.07) is 5.79. The molecule has 0 amide bonds. The van der Waals surface area contributed by atoms with Gasteiger partial charge in [-0.25, -0.2) is 0 Å². The molecule has 1 rings (SSSR count). The molecule has 0 aliphatic rings. The summed E-state index contributed by atoms with van der Waals surface area (Å²) in [6.07, 6.45) is 0. The lowest BCUT2D eigenvalue weighted by atomic mass is 10.1. The van der Waals surface area contributed by atoms with Gasteiger partial charge in [0.15, 0.2) is 0 Å². The third kappa shape index (κ3) is 1.96. The number of hydrogen-bond donors (Lipinski definition) is 2. The summed E-state index contributed by atoms with van der Waals surface area (Å²) in [6.45, 7) is 1.08. The van der Waals surface area contributed by atoms with Crippen molar-refractivity contribution < 1.29 is 4.74 Å². The van der Waals surface area contributed by atoms with Crippen molar-refractivity contribution in [3.05, 3.63) is 29.3 Å². The van der Waals surface area contributed by atoms with Crippen LogP contribution in [0.5, 0.6) is 0 Å². The van der Waals surface area contributed by atoms with Crippen molar-refractivity contribution in [2.75, 3.05) is 12.8 Å². The van der Waals surface area contributed by atoms with E-state index in [2.05, 4.69) is 0 Å². The Balaban J connectivity index is 2.87. The van der Waals surface area contributed by atoms with E-state index in [1.807, 2.05) is 18.2 Å². The van der Waals surface area contributed by atoms with Crippen LogP contribution in [0.15, 0.2) is 18.2 Å². The van der Waals surface area contributed by atoms with Gasteiger partial charge in [-0.15, -0.1) is 0 Å². The van der Waals surface area contributed by atoms with E-state index in [4.69, 9.17) is 16.2 Å². The quantitative estimate of drug-likeness (QED) is 0.655. The minimum Gasteiger partial charge on any atom is -0.398 e. The molecule has 0 saturated carbocycles. The van der Waals surface area contributed by atoms with Gasteiger partial charge in [0, 0.05) is 24.9 Å². The van der Waals surface area contributed by atoms with Gasteiger partial charge in [0.1, 0.15) is 0 Å². The second-order valence-corrected chi connectivity index (χ2v) is 2.67. The molecule has 0 radical (unpaired) electrons. The fourth-order valence-electron chi connectivity index (χ4n) is 1.06. The molecule has 66 valence electrons. The molecule has 0 spiro atoms. The SMILES string of the molecule is COCc1ccc(CN)cc1N. The Morgan fingerprint density at radius 1 is 1.42 bits per heavy atom. The molecule has 0 bridgehead atoms. The highest BCUT2D eigenvalue weighted by Crippen LogP contribution is 2.14. The maximum Gasteiger partial charge on any atom is 0.0733 e. The number of methoxy groups -OCH3 is 1. The normalized spacial score (nSPS) is 10.2. The van der Waals surface area contributed by atoms with Crippen molar-refractivity contribution >= 4 is 5.69 Å². The first-order valence-corrected chi connectivity index (χ1v) is 3.84. The molecule has 0 aliphatic carbocycles. The van der Waals surface area contributed by atoms with Crippen molar-refractivity contribution in [3.63, 3.8) is 0 Å². The average Bonchev–Trinajstić information content (AvgIpc) is 2.09. The largest absolute Gasteiger partial charge is 0.398 e. The standard InChI is InChI=1S/C9H14N2O/c1-12-6-8-3-2-7(5-10)4-9(8)11/h2-4H,5-6,10-11H2,1H3. The number of rotatable bonds is 3. The van der Waals surface area contributed by atoms with E-state index in [1.54, 1.807) is 7.11 Å². The molecule has 3 nitrogen and oxygen atoms in total. The topological polar surface area (TPSA) is 61.3 Å². The Hall–Kier alpha value is -1.06. The molecule has 0 atom stereocenters. The lowest BCUT2D eigenvalue weighted by Crippen LogP contribution is -2.01. The average molecular weight is 166 g/mol. The molecule has 0 saturated heterocycles. The lowest BCUT2D eigenvalue weighted by Gasteiger charge is -2.05. The van der Waals surface area contributed by atoms with Crippen LogP contribution in [0.1, 0.15) is 11.1 Å². The van der Waals surface area contributed by atoms with E-state index in [9.17, 15) is 0 Å². The third-order valence-electron chi connectivity index (χ3n) is 1.75. The Morgan fingerprint density at radius 3 is 2.67 bits per heavy atom. The summed E-state index contributed by atoms with van der Waals surface area (Å²) in [5.41, 5.74) is 14.0. The van der Waals surface area contributed by atoms with Crippen LogP contribution in [-0.4, -0.2) is 7.11 Å². The van der Waals surface area contributed by atoms with Crippen LogP contribution in [-0.2, 0) is 17.9 Å². The van der Waals surface area contributed by atoms with E-state index >= 15 is 0 Å². The molecule has 1 aromatic carbocycles. The van der Waals surface area contributed by atoms with Gasteiger partial charge in [-0.3, -0.25) is 0 Å². The van der Waals surface area contributed by atoms with Gasteiger partial charge in [-0.1, -0.05) is 12.1 Å². The second-order valence-electron chi connectivity index (χ2n) is 2.67. The van der Waals surface area contributed by atoms with E-state index in [0.29, 0.717) is 13.2 Å². The summed E-state index contributed by atoms with van der Waals surface area (Å²) in [4.78, 5) is 0. The van der Waals surface area contributed by atoms with Gasteiger partial charge >= 0.3 is 0 Å². The summed E-state index contributed by atoms with van der Waals surface area (Å²) in [5.74, 6) is 0. The minimum atomic E-state index is 0.525. The number of benzene rings is 1. The zero-order chi connectivity index (χ0) is 8.97. The molecule has 3 heteroatoms. The van der Waals surface area contributed by atoms with Crippen LogP contribution in [0.4, 0.5) is 5.69 Å². The van der Waals surface area contributed by atoms with Crippen LogP contribution < -0.4 is 11.5 Å². The molecule has 12 heavy (non-hydrogen) atoms. The lowest BCUT2D eigenvalue weighted by molar-refractivity contribution is 0.185. The summed E-state index contributed by atoms with van der Waals surface area (Å²) in [5, 5.41) is 0. The summed E-state index contributed by atoms with van der Waals surface area (Å²) < 4.78 is 4.97. The van der Waals surface area contributed by atoms with Gasteiger partial charge in [0.25, 0.3) is 0 Å². The summed E-state index contributed by atoms with van der Waals surface area (Å²) in [7, 11) is 1.65. The van der Waals surface area contributed by atoms with Gasteiger partial charge in [-0.05, 0) is 11.6 Å². The predicted octanol–water partition coefficient (Wildman–Crippen LogP) is 0.874. The van der Waals surface area contributed by atoms with Gasteiger partial charge in [0.2, 0.25) is 0 Å². The maximum atomic E-state index is 5.75. The Labute approximate surface area is 72.3 Å². The van der Waals surface area contributed by atoms with Gasteiger partial charge < -0.3 is 16.2 Å². The highest BCUT2D eigenvalue weighted by molar-refractivity contribution is 5.48. The zero-order valence-electron chi connectivity index (χ0n) is 7.21. The number of nitrogens with two attached hydrogens (primary N) is 2. The minimum absolute atomic E-state index is 0.525. The van der Waals surface area contributed by atoms with E-state index in [1.165, 1.54) is 0 Å². The molecule has 0 aromatic heterocycles. The molecular formula is C9H14N2O. The van der Waals surface area contributed by atoms with Crippen LogP contribution in [0, 0.1) is 0 Å². The van der Waals surface area contributed by atoms with Crippen molar-refractivity contribution in [1.29, 1.82) is 0 Å². The van der Waals surface area contributed by atoms with E-state index in [-0.39, 0.29) is 0 Å². The highest BCUT2D eigenvalue weighted by Gasteiger charge is 1.98. The molecule has 4 N–H and O–H groups in total. The zero-order valence-corrected chi connectivity index (χ0v) is 7.21. The van der Waals surface area contributed by atoms with E-state index < -0.39 is 0 Å². The fourth-order valence-corrected chi connectivity index (χ4v) is 1.06. The van der Waals surface area contributed by atoms with Crippen LogP contribution in [0.3, 0.4) is 0 Å². The fraction of sp³-hybridized carbons (Fsp3) is 0.333. The highest BCUT2D eigenvalue weighted by atomic mass is 16.5. The van der Waals surface area contributed by atoms with Crippen LogP contribution in [0.2, 0.25) is 0 Å². The Morgan fingerprint density at radius 2 is 2.17 bits per heavy atom. The van der Waals surface area contributed by atoms with Crippen molar-refractivity contribution in [2.24, 2.45) is 5.73 Å². The number of ether oxygens (including phenoxy) is 1. The van der Waals surface area contributed by atoms with Crippen molar-refractivity contribution in [2.45, 2.75) is 13.2 Å². The third-order valence-corrected chi connectivity index (χ3v) is 1.75. The van der Waals surface area contributed by atoms with Crippen LogP contribution in [0.25, 0.3) is 0 Å². The number of hydrogen-bond acceptors (Lipinski definition) is 3. The van der Waals surface area contributed by atoms with Crippen molar-refractivity contribution in [1.82, 2.24) is 0 Å². The predicted molar refractivity (Wildman–Crippen MR) is 49.5 cm³/mol. The molecule has 0 aliphatic heterocycles. The Kier molecular flexibility index (Phi) is 3.08. The summed E-state index contributed by atoms with van der Waals surface area (Å²) >= 11 is 0. The number of nitrogen functional groups attached to an aromatic ring is 1. The smallest absolute Gasteiger partial charge is 0.0733 e. The molecule has 0 fully saturated rings. The number of anilines is 1.